The molecular weight excluding hydrogens is 492 g/mol. The normalized spacial score (nSPS) is 13.7. The number of nitrogens with one attached hydrogen (secondary N) is 2. The van der Waals surface area contributed by atoms with Gasteiger partial charge in [0.1, 0.15) is 0 Å². The van der Waals surface area contributed by atoms with Gasteiger partial charge in [0.05, 0.1) is 19.8 Å². The number of aliphatic hydroxyl groups excluding tert-OH is 1. The zero-order chi connectivity index (χ0) is 27.3. The summed E-state index contributed by atoms with van der Waals surface area (Å²) in [5, 5.41) is 14.6. The summed E-state index contributed by atoms with van der Waals surface area (Å²) < 4.78 is 5.48. The number of urea groups is 1. The molecule has 0 unspecified atom stereocenters. The lowest BCUT2D eigenvalue weighted by Crippen LogP contribution is -2.44. The first-order valence-corrected chi connectivity index (χ1v) is 13.6. The fraction of sp³-hybridized carbons (Fsp3) is 0.355. The maximum Gasteiger partial charge on any atom is 0.321 e. The van der Waals surface area contributed by atoms with Gasteiger partial charge >= 0.3 is 6.03 Å². The largest absolute Gasteiger partial charge is 0.395 e. The molecule has 8 heteroatoms. The van der Waals surface area contributed by atoms with Crippen LogP contribution >= 0.6 is 0 Å². The second kappa shape index (κ2) is 15.0. The molecule has 206 valence electrons. The predicted octanol–water partition coefficient (Wildman–Crippen LogP) is 3.80. The molecule has 8 nitrogen and oxygen atoms in total. The molecule has 0 radical (unpaired) electrons. The van der Waals surface area contributed by atoms with Crippen LogP contribution in [0.4, 0.5) is 10.5 Å². The molecule has 1 saturated heterocycles. The van der Waals surface area contributed by atoms with E-state index in [1.54, 1.807) is 24.3 Å². The minimum Gasteiger partial charge on any atom is -0.395 e. The highest BCUT2D eigenvalue weighted by Crippen LogP contribution is 2.28. The van der Waals surface area contributed by atoms with Crippen molar-refractivity contribution in [1.29, 1.82) is 0 Å². The van der Waals surface area contributed by atoms with E-state index < -0.39 is 0 Å². The van der Waals surface area contributed by atoms with E-state index in [0.29, 0.717) is 37.6 Å². The Kier molecular flexibility index (Phi) is 10.9. The maximum absolute atomic E-state index is 13.6. The van der Waals surface area contributed by atoms with Crippen molar-refractivity contribution in [3.05, 3.63) is 102 Å². The Balaban J connectivity index is 1.48. The number of hydrogen-bond acceptors (Lipinski definition) is 5. The third-order valence-electron chi connectivity index (χ3n) is 6.94. The maximum atomic E-state index is 13.6. The van der Waals surface area contributed by atoms with Gasteiger partial charge in [-0.3, -0.25) is 9.69 Å². The number of benzene rings is 3. The molecule has 1 heterocycles. The molecule has 0 aliphatic carbocycles. The molecule has 1 aliphatic rings. The van der Waals surface area contributed by atoms with Gasteiger partial charge in [0.25, 0.3) is 5.91 Å². The number of ether oxygens (including phenoxy) is 1. The van der Waals surface area contributed by atoms with E-state index >= 15 is 0 Å². The predicted molar refractivity (Wildman–Crippen MR) is 153 cm³/mol. The Morgan fingerprint density at radius 3 is 2.21 bits per heavy atom. The number of hydrogen-bond donors (Lipinski definition) is 3. The first kappa shape index (κ1) is 28.3. The van der Waals surface area contributed by atoms with Crippen molar-refractivity contribution in [3.8, 4) is 0 Å². The number of carbonyl (C=O) groups is 2. The molecule has 39 heavy (non-hydrogen) atoms. The molecule has 4 rings (SSSR count). The molecule has 0 aromatic heterocycles. The van der Waals surface area contributed by atoms with Gasteiger partial charge in [0.15, 0.2) is 0 Å². The number of rotatable bonds is 12. The van der Waals surface area contributed by atoms with E-state index in [2.05, 4.69) is 64.1 Å². The number of aliphatic hydroxyl groups is 1. The summed E-state index contributed by atoms with van der Waals surface area (Å²) in [6.45, 7) is 5.10. The average molecular weight is 531 g/mol. The number of morpholine rings is 1. The Hall–Kier alpha value is -3.72. The highest BCUT2D eigenvalue weighted by atomic mass is 16.5. The first-order chi connectivity index (χ1) is 19.1. The quantitative estimate of drug-likeness (QED) is 0.331. The topological polar surface area (TPSA) is 94.1 Å². The number of amides is 3. The molecule has 0 spiro atoms. The van der Waals surface area contributed by atoms with Crippen molar-refractivity contribution >= 4 is 17.6 Å². The number of anilines is 1. The molecule has 0 atom stereocenters. The average Bonchev–Trinajstić information content (AvgIpc) is 2.99. The molecule has 0 saturated carbocycles. The van der Waals surface area contributed by atoms with Crippen molar-refractivity contribution in [2.24, 2.45) is 0 Å². The third kappa shape index (κ3) is 8.64. The van der Waals surface area contributed by atoms with Crippen molar-refractivity contribution in [3.63, 3.8) is 0 Å². The lowest BCUT2D eigenvalue weighted by molar-refractivity contribution is 0.0351. The second-order valence-electron chi connectivity index (χ2n) is 9.59. The summed E-state index contributed by atoms with van der Waals surface area (Å²) >= 11 is 0. The van der Waals surface area contributed by atoms with E-state index in [4.69, 9.17) is 9.84 Å². The highest BCUT2D eigenvalue weighted by molar-refractivity contribution is 5.96. The van der Waals surface area contributed by atoms with E-state index in [-0.39, 0.29) is 31.0 Å². The van der Waals surface area contributed by atoms with E-state index in [1.807, 2.05) is 17.0 Å². The van der Waals surface area contributed by atoms with Crippen LogP contribution in [0, 0.1) is 0 Å². The lowest BCUT2D eigenvalue weighted by atomic mass is 9.88. The molecule has 3 N–H and O–H groups in total. The zero-order valence-corrected chi connectivity index (χ0v) is 22.3. The molecular formula is C31H38N4O4. The van der Waals surface area contributed by atoms with Crippen LogP contribution in [0.2, 0.25) is 0 Å². The van der Waals surface area contributed by atoms with Crippen LogP contribution in [-0.4, -0.2) is 85.9 Å². The van der Waals surface area contributed by atoms with Gasteiger partial charge in [-0.2, -0.15) is 0 Å². The van der Waals surface area contributed by atoms with E-state index in [9.17, 15) is 9.59 Å². The fourth-order valence-corrected chi connectivity index (χ4v) is 4.80. The van der Waals surface area contributed by atoms with Crippen LogP contribution in [0.25, 0.3) is 0 Å². The highest BCUT2D eigenvalue weighted by Gasteiger charge is 2.21. The second-order valence-corrected chi connectivity index (χ2v) is 9.59. The van der Waals surface area contributed by atoms with Crippen LogP contribution in [-0.2, 0) is 4.74 Å². The van der Waals surface area contributed by atoms with Crippen molar-refractivity contribution < 1.29 is 19.4 Å². The minimum atomic E-state index is -0.294. The molecule has 3 amide bonds. The Morgan fingerprint density at radius 2 is 1.56 bits per heavy atom. The zero-order valence-electron chi connectivity index (χ0n) is 22.3. The first-order valence-electron chi connectivity index (χ1n) is 13.6. The van der Waals surface area contributed by atoms with Gasteiger partial charge in [0, 0.05) is 56.4 Å². The SMILES string of the molecule is O=C(NCCO)c1cccc(NC(=O)N(CCC(c2ccccc2)c2ccccc2)CCN2CCOCC2)c1. The van der Waals surface area contributed by atoms with Gasteiger partial charge < -0.3 is 25.4 Å². The smallest absolute Gasteiger partial charge is 0.321 e. The fourth-order valence-electron chi connectivity index (χ4n) is 4.80. The van der Waals surface area contributed by atoms with Gasteiger partial charge in [-0.05, 0) is 35.7 Å². The van der Waals surface area contributed by atoms with Gasteiger partial charge in [-0.1, -0.05) is 66.7 Å². The summed E-state index contributed by atoms with van der Waals surface area (Å²) in [4.78, 5) is 30.1. The molecule has 3 aromatic rings. The van der Waals surface area contributed by atoms with Crippen molar-refractivity contribution in [2.45, 2.75) is 12.3 Å². The number of carbonyl (C=O) groups excluding carboxylic acids is 2. The van der Waals surface area contributed by atoms with E-state index in [1.165, 1.54) is 11.1 Å². The summed E-state index contributed by atoms with van der Waals surface area (Å²) in [5.74, 6) is -0.137. The van der Waals surface area contributed by atoms with Crippen LogP contribution in [0.15, 0.2) is 84.9 Å². The monoisotopic (exact) mass is 530 g/mol. The van der Waals surface area contributed by atoms with Gasteiger partial charge in [-0.15, -0.1) is 0 Å². The Bertz CT molecular complexity index is 1130. The minimum absolute atomic E-state index is 0.132. The summed E-state index contributed by atoms with van der Waals surface area (Å²) in [5.41, 5.74) is 3.42. The van der Waals surface area contributed by atoms with Crippen LogP contribution in [0.1, 0.15) is 33.8 Å². The summed E-state index contributed by atoms with van der Waals surface area (Å²) in [7, 11) is 0. The van der Waals surface area contributed by atoms with Gasteiger partial charge in [0.2, 0.25) is 0 Å². The Labute approximate surface area is 230 Å². The third-order valence-corrected chi connectivity index (χ3v) is 6.94. The molecule has 3 aromatic carbocycles. The van der Waals surface area contributed by atoms with Crippen LogP contribution in [0.5, 0.6) is 0 Å². The van der Waals surface area contributed by atoms with Crippen LogP contribution < -0.4 is 10.6 Å². The van der Waals surface area contributed by atoms with Crippen molar-refractivity contribution in [2.75, 3.05) is 64.4 Å². The summed E-state index contributed by atoms with van der Waals surface area (Å²) in [6, 6.07) is 27.5. The molecule has 1 fully saturated rings. The molecule has 0 bridgehead atoms. The summed E-state index contributed by atoms with van der Waals surface area (Å²) in [6.07, 6.45) is 0.772. The van der Waals surface area contributed by atoms with Crippen molar-refractivity contribution in [1.82, 2.24) is 15.1 Å². The van der Waals surface area contributed by atoms with Crippen LogP contribution in [0.3, 0.4) is 0 Å². The standard InChI is InChI=1S/C31H38N4O4/c36-21-15-32-30(37)27-12-7-13-28(24-27)33-31(38)35(18-17-34-19-22-39-23-20-34)16-14-29(25-8-3-1-4-9-25)26-10-5-2-6-11-26/h1-13,24,29,36H,14-23H2,(H,32,37)(H,33,38). The lowest BCUT2D eigenvalue weighted by Gasteiger charge is -2.31. The van der Waals surface area contributed by atoms with Gasteiger partial charge in [-0.25, -0.2) is 4.79 Å². The Morgan fingerprint density at radius 1 is 0.897 bits per heavy atom. The molecule has 1 aliphatic heterocycles. The number of nitrogens with zero attached hydrogens (tertiary/aromatic N) is 2. The van der Waals surface area contributed by atoms with E-state index in [0.717, 1.165) is 26.1 Å².